The Hall–Kier alpha value is -2.70. The van der Waals surface area contributed by atoms with E-state index in [4.69, 9.17) is 19.3 Å². The van der Waals surface area contributed by atoms with Crippen LogP contribution in [0.4, 0.5) is 5.82 Å². The lowest BCUT2D eigenvalue weighted by atomic mass is 10.1. The van der Waals surface area contributed by atoms with Crippen molar-refractivity contribution < 1.29 is 24.1 Å². The zero-order valence-corrected chi connectivity index (χ0v) is 12.0. The largest absolute Gasteiger partial charge is 0.493 e. The number of carbonyl (C=O) groups is 1. The number of carboxylic acid groups (broad SMARTS) is 1. The lowest BCUT2D eigenvalue weighted by Gasteiger charge is -2.16. The van der Waals surface area contributed by atoms with Crippen molar-refractivity contribution in [2.75, 3.05) is 33.2 Å². The molecular weight excluding hydrogens is 276 g/mol. The van der Waals surface area contributed by atoms with Crippen LogP contribution in [0.1, 0.15) is 0 Å². The molecule has 0 amide bonds. The molecule has 7 heteroatoms. The van der Waals surface area contributed by atoms with Crippen LogP contribution in [-0.4, -0.2) is 43.9 Å². The van der Waals surface area contributed by atoms with Gasteiger partial charge < -0.3 is 24.6 Å². The predicted molar refractivity (Wildman–Crippen MR) is 77.5 cm³/mol. The Morgan fingerprint density at radius 2 is 1.95 bits per heavy atom. The van der Waals surface area contributed by atoms with Crippen LogP contribution in [-0.2, 0) is 4.79 Å². The third-order valence-corrected chi connectivity index (χ3v) is 2.96. The van der Waals surface area contributed by atoms with Crippen molar-refractivity contribution in [3.63, 3.8) is 0 Å². The van der Waals surface area contributed by atoms with E-state index in [1.54, 1.807) is 18.3 Å². The summed E-state index contributed by atoms with van der Waals surface area (Å²) in [5, 5.41) is 13.0. The highest BCUT2D eigenvalue weighted by molar-refractivity contribution is 6.00. The minimum absolute atomic E-state index is 0.246. The number of benzene rings is 1. The second kappa shape index (κ2) is 6.17. The molecule has 2 rings (SSSR count). The van der Waals surface area contributed by atoms with Gasteiger partial charge in [-0.1, -0.05) is 0 Å². The first kappa shape index (κ1) is 14.7. The SMILES string of the molecule is COc1cc2ccnc(NCC(=O)O)c2c(OC)c1OC. The summed E-state index contributed by atoms with van der Waals surface area (Å²) in [7, 11) is 4.55. The van der Waals surface area contributed by atoms with Crippen LogP contribution >= 0.6 is 0 Å². The maximum atomic E-state index is 10.7. The molecule has 0 aliphatic rings. The van der Waals surface area contributed by atoms with Crippen LogP contribution in [0.5, 0.6) is 17.2 Å². The average Bonchev–Trinajstić information content (AvgIpc) is 2.50. The van der Waals surface area contributed by atoms with Crippen LogP contribution in [0.15, 0.2) is 18.3 Å². The molecule has 0 saturated carbocycles. The van der Waals surface area contributed by atoms with E-state index in [0.29, 0.717) is 28.5 Å². The van der Waals surface area contributed by atoms with Gasteiger partial charge in [-0.3, -0.25) is 4.79 Å². The lowest BCUT2D eigenvalue weighted by molar-refractivity contribution is -0.134. The van der Waals surface area contributed by atoms with Crippen molar-refractivity contribution in [3.8, 4) is 17.2 Å². The van der Waals surface area contributed by atoms with Crippen molar-refractivity contribution in [2.24, 2.45) is 0 Å². The summed E-state index contributed by atoms with van der Waals surface area (Å²) in [5.74, 6) is 0.824. The first-order valence-electron chi connectivity index (χ1n) is 6.15. The molecule has 0 aliphatic carbocycles. The van der Waals surface area contributed by atoms with E-state index < -0.39 is 5.97 Å². The number of carboxylic acids is 1. The number of hydrogen-bond donors (Lipinski definition) is 2. The fourth-order valence-corrected chi connectivity index (χ4v) is 2.10. The fraction of sp³-hybridized carbons (Fsp3) is 0.286. The van der Waals surface area contributed by atoms with Crippen molar-refractivity contribution in [1.29, 1.82) is 0 Å². The quantitative estimate of drug-likeness (QED) is 0.838. The predicted octanol–water partition coefficient (Wildman–Crippen LogP) is 1.76. The summed E-state index contributed by atoms with van der Waals surface area (Å²) in [6, 6.07) is 3.57. The summed E-state index contributed by atoms with van der Waals surface area (Å²) in [4.78, 5) is 14.9. The normalized spacial score (nSPS) is 10.2. The Kier molecular flexibility index (Phi) is 4.32. The Bertz CT molecular complexity index is 672. The number of methoxy groups -OCH3 is 3. The molecule has 1 heterocycles. The lowest BCUT2D eigenvalue weighted by Crippen LogP contribution is -2.13. The van der Waals surface area contributed by atoms with Gasteiger partial charge in [-0.25, -0.2) is 4.98 Å². The molecule has 1 aromatic heterocycles. The molecule has 112 valence electrons. The van der Waals surface area contributed by atoms with Gasteiger partial charge in [-0.15, -0.1) is 0 Å². The number of ether oxygens (including phenoxy) is 3. The zero-order valence-electron chi connectivity index (χ0n) is 12.0. The third kappa shape index (κ3) is 2.76. The third-order valence-electron chi connectivity index (χ3n) is 2.96. The van der Waals surface area contributed by atoms with E-state index in [1.807, 2.05) is 0 Å². The smallest absolute Gasteiger partial charge is 0.322 e. The first-order chi connectivity index (χ1) is 10.1. The molecule has 0 fully saturated rings. The highest BCUT2D eigenvalue weighted by Gasteiger charge is 2.19. The zero-order chi connectivity index (χ0) is 15.4. The second-order valence-corrected chi connectivity index (χ2v) is 4.15. The Labute approximate surface area is 121 Å². The molecule has 0 aliphatic heterocycles. The fourth-order valence-electron chi connectivity index (χ4n) is 2.10. The molecule has 0 bridgehead atoms. The first-order valence-corrected chi connectivity index (χ1v) is 6.15. The Morgan fingerprint density at radius 3 is 2.52 bits per heavy atom. The van der Waals surface area contributed by atoms with E-state index in [0.717, 1.165) is 5.39 Å². The van der Waals surface area contributed by atoms with Crippen molar-refractivity contribution in [1.82, 2.24) is 4.98 Å². The molecule has 2 N–H and O–H groups in total. The molecule has 1 aromatic carbocycles. The van der Waals surface area contributed by atoms with Gasteiger partial charge in [0.1, 0.15) is 12.4 Å². The minimum Gasteiger partial charge on any atom is -0.493 e. The molecule has 0 spiro atoms. The number of rotatable bonds is 6. The number of pyridine rings is 1. The van der Waals surface area contributed by atoms with Crippen LogP contribution in [0.2, 0.25) is 0 Å². The average molecular weight is 292 g/mol. The summed E-state index contributed by atoms with van der Waals surface area (Å²) < 4.78 is 16.0. The van der Waals surface area contributed by atoms with Gasteiger partial charge in [0.15, 0.2) is 11.5 Å². The van der Waals surface area contributed by atoms with Crippen LogP contribution < -0.4 is 19.5 Å². The molecule has 7 nitrogen and oxygen atoms in total. The Balaban J connectivity index is 2.69. The molecule has 0 saturated heterocycles. The van der Waals surface area contributed by atoms with Gasteiger partial charge in [-0.05, 0) is 17.5 Å². The number of fused-ring (bicyclic) bond motifs is 1. The molecular formula is C14H16N2O5. The highest BCUT2D eigenvalue weighted by atomic mass is 16.5. The molecule has 0 atom stereocenters. The van der Waals surface area contributed by atoms with E-state index in [2.05, 4.69) is 10.3 Å². The van der Waals surface area contributed by atoms with Gasteiger partial charge in [-0.2, -0.15) is 0 Å². The van der Waals surface area contributed by atoms with Gasteiger partial charge >= 0.3 is 5.97 Å². The number of anilines is 1. The Morgan fingerprint density at radius 1 is 1.24 bits per heavy atom. The molecule has 0 radical (unpaired) electrons. The number of aromatic nitrogens is 1. The van der Waals surface area contributed by atoms with Gasteiger partial charge in [0.25, 0.3) is 0 Å². The van der Waals surface area contributed by atoms with E-state index >= 15 is 0 Å². The molecule has 21 heavy (non-hydrogen) atoms. The van der Waals surface area contributed by atoms with Gasteiger partial charge in [0.05, 0.1) is 26.7 Å². The number of nitrogens with one attached hydrogen (secondary N) is 1. The summed E-state index contributed by atoms with van der Waals surface area (Å²) >= 11 is 0. The maximum Gasteiger partial charge on any atom is 0.322 e. The van der Waals surface area contributed by atoms with Crippen molar-refractivity contribution in [3.05, 3.63) is 18.3 Å². The van der Waals surface area contributed by atoms with Crippen LogP contribution in [0.25, 0.3) is 10.8 Å². The maximum absolute atomic E-state index is 10.7. The molecule has 2 aromatic rings. The summed E-state index contributed by atoms with van der Waals surface area (Å²) in [5.41, 5.74) is 0. The summed E-state index contributed by atoms with van der Waals surface area (Å²) in [6.07, 6.45) is 1.58. The highest BCUT2D eigenvalue weighted by Crippen LogP contribution is 2.45. The van der Waals surface area contributed by atoms with Crippen molar-refractivity contribution in [2.45, 2.75) is 0 Å². The van der Waals surface area contributed by atoms with E-state index in [-0.39, 0.29) is 6.54 Å². The number of aliphatic carboxylic acids is 1. The number of hydrogen-bond acceptors (Lipinski definition) is 6. The van der Waals surface area contributed by atoms with E-state index in [9.17, 15) is 4.79 Å². The number of nitrogens with zero attached hydrogens (tertiary/aromatic N) is 1. The molecule has 0 unspecified atom stereocenters. The summed E-state index contributed by atoms with van der Waals surface area (Å²) in [6.45, 7) is -0.246. The monoisotopic (exact) mass is 292 g/mol. The van der Waals surface area contributed by atoms with Gasteiger partial charge in [0, 0.05) is 6.20 Å². The topological polar surface area (TPSA) is 89.9 Å². The van der Waals surface area contributed by atoms with Crippen molar-refractivity contribution >= 4 is 22.6 Å². The van der Waals surface area contributed by atoms with E-state index in [1.165, 1.54) is 21.3 Å². The van der Waals surface area contributed by atoms with Crippen LogP contribution in [0.3, 0.4) is 0 Å². The van der Waals surface area contributed by atoms with Gasteiger partial charge in [0.2, 0.25) is 5.75 Å². The second-order valence-electron chi connectivity index (χ2n) is 4.15. The standard InChI is InChI=1S/C14H16N2O5/c1-19-9-6-8-4-5-15-14(16-7-10(17)18)11(8)13(21-3)12(9)20-2/h4-6H,7H2,1-3H3,(H,15,16)(H,17,18). The minimum atomic E-state index is -0.978. The van der Waals surface area contributed by atoms with Crippen LogP contribution in [0, 0.1) is 0 Å².